The minimum Gasteiger partial charge on any atom is -0.506 e. The van der Waals surface area contributed by atoms with Crippen molar-refractivity contribution in [3.63, 3.8) is 0 Å². The summed E-state index contributed by atoms with van der Waals surface area (Å²) in [5, 5.41) is 11.6. The lowest BCUT2D eigenvalue weighted by atomic mass is 10.2. The molecule has 4 heteroatoms. The van der Waals surface area contributed by atoms with Gasteiger partial charge in [0.2, 0.25) is 0 Å². The molecule has 74 valence electrons. The normalized spacial score (nSPS) is 11.2. The minimum absolute atomic E-state index is 0.238. The fraction of sp³-hybridized carbons (Fsp3) is 0. The van der Waals surface area contributed by atoms with Gasteiger partial charge in [-0.05, 0) is 12.1 Å². The summed E-state index contributed by atoms with van der Waals surface area (Å²) < 4.78 is 0. The van der Waals surface area contributed by atoms with E-state index in [9.17, 15) is 5.11 Å². The van der Waals surface area contributed by atoms with Crippen LogP contribution in [0.3, 0.4) is 0 Å². The first-order valence-corrected chi connectivity index (χ1v) is 4.60. The number of aromatic amines is 1. The molecule has 0 bridgehead atoms. The molecule has 0 aliphatic heterocycles. The SMILES string of the molecule is Nc1cc2c(cn1)[nH]c1c(O)cccc12. The van der Waals surface area contributed by atoms with Gasteiger partial charge >= 0.3 is 0 Å². The Balaban J connectivity index is 2.58. The first-order valence-electron chi connectivity index (χ1n) is 4.60. The Labute approximate surface area is 85.4 Å². The smallest absolute Gasteiger partial charge is 0.139 e. The van der Waals surface area contributed by atoms with E-state index in [-0.39, 0.29) is 5.75 Å². The monoisotopic (exact) mass is 199 g/mol. The first kappa shape index (κ1) is 8.11. The second kappa shape index (κ2) is 2.63. The van der Waals surface area contributed by atoms with Crippen molar-refractivity contribution in [2.75, 3.05) is 5.73 Å². The molecule has 4 N–H and O–H groups in total. The molecule has 2 heterocycles. The Morgan fingerprint density at radius 1 is 1.27 bits per heavy atom. The maximum atomic E-state index is 9.66. The van der Waals surface area contributed by atoms with Gasteiger partial charge < -0.3 is 15.8 Å². The molecule has 0 amide bonds. The molecule has 0 spiro atoms. The number of nitrogens with zero attached hydrogens (tertiary/aromatic N) is 1. The van der Waals surface area contributed by atoms with Gasteiger partial charge in [0.25, 0.3) is 0 Å². The number of pyridine rings is 1. The third-order valence-corrected chi connectivity index (χ3v) is 2.52. The van der Waals surface area contributed by atoms with Gasteiger partial charge in [0.05, 0.1) is 17.2 Å². The molecule has 0 unspecified atom stereocenters. The molecule has 4 nitrogen and oxygen atoms in total. The van der Waals surface area contributed by atoms with Crippen LogP contribution in [0.1, 0.15) is 0 Å². The van der Waals surface area contributed by atoms with Gasteiger partial charge in [-0.25, -0.2) is 4.98 Å². The Hall–Kier alpha value is -2.23. The summed E-state index contributed by atoms with van der Waals surface area (Å²) in [6, 6.07) is 7.19. The van der Waals surface area contributed by atoms with E-state index in [1.54, 1.807) is 18.3 Å². The van der Waals surface area contributed by atoms with Crippen molar-refractivity contribution in [3.8, 4) is 5.75 Å². The van der Waals surface area contributed by atoms with Gasteiger partial charge in [0.1, 0.15) is 11.6 Å². The van der Waals surface area contributed by atoms with Crippen LogP contribution < -0.4 is 5.73 Å². The average molecular weight is 199 g/mol. The summed E-state index contributed by atoms with van der Waals surface area (Å²) >= 11 is 0. The number of nitrogens with two attached hydrogens (primary N) is 1. The van der Waals surface area contributed by atoms with Gasteiger partial charge in [-0.1, -0.05) is 12.1 Å². The number of aromatic nitrogens is 2. The lowest BCUT2D eigenvalue weighted by Crippen LogP contribution is -1.87. The fourth-order valence-electron chi connectivity index (χ4n) is 1.82. The molecule has 0 aliphatic rings. The number of fused-ring (bicyclic) bond motifs is 3. The van der Waals surface area contributed by atoms with Crippen LogP contribution in [0.5, 0.6) is 5.75 Å². The Morgan fingerprint density at radius 3 is 3.00 bits per heavy atom. The molecule has 2 aromatic heterocycles. The lowest BCUT2D eigenvalue weighted by molar-refractivity contribution is 0.480. The zero-order valence-electron chi connectivity index (χ0n) is 7.86. The van der Waals surface area contributed by atoms with Crippen molar-refractivity contribution in [2.24, 2.45) is 0 Å². The van der Waals surface area contributed by atoms with Crippen LogP contribution in [-0.4, -0.2) is 15.1 Å². The number of anilines is 1. The molecule has 0 fully saturated rings. The molecule has 1 aromatic carbocycles. The predicted octanol–water partition coefficient (Wildman–Crippen LogP) is 2.00. The van der Waals surface area contributed by atoms with E-state index in [4.69, 9.17) is 5.73 Å². The summed E-state index contributed by atoms with van der Waals surface area (Å²) in [4.78, 5) is 7.10. The number of nitrogen functional groups attached to an aromatic ring is 1. The minimum atomic E-state index is 0.238. The van der Waals surface area contributed by atoms with Crippen molar-refractivity contribution < 1.29 is 5.11 Å². The van der Waals surface area contributed by atoms with E-state index in [2.05, 4.69) is 9.97 Å². The third-order valence-electron chi connectivity index (χ3n) is 2.52. The number of hydrogen-bond donors (Lipinski definition) is 3. The van der Waals surface area contributed by atoms with Crippen LogP contribution in [0.15, 0.2) is 30.5 Å². The molecule has 0 atom stereocenters. The second-order valence-electron chi connectivity index (χ2n) is 3.48. The van der Waals surface area contributed by atoms with Crippen LogP contribution >= 0.6 is 0 Å². The van der Waals surface area contributed by atoms with E-state index in [1.807, 2.05) is 12.1 Å². The summed E-state index contributed by atoms with van der Waals surface area (Å²) in [5.74, 6) is 0.717. The number of para-hydroxylation sites is 1. The summed E-state index contributed by atoms with van der Waals surface area (Å²) in [6.07, 6.45) is 1.67. The second-order valence-corrected chi connectivity index (χ2v) is 3.48. The Morgan fingerprint density at radius 2 is 2.13 bits per heavy atom. The molecule has 15 heavy (non-hydrogen) atoms. The average Bonchev–Trinajstić information content (AvgIpc) is 2.58. The molecule has 3 aromatic rings. The standard InChI is InChI=1S/C11H9N3O/c12-10-4-7-6-2-1-3-9(15)11(6)14-8(7)5-13-10/h1-5,14-15H,(H2,12,13). The van der Waals surface area contributed by atoms with Crippen molar-refractivity contribution in [2.45, 2.75) is 0 Å². The number of phenols is 1. The zero-order chi connectivity index (χ0) is 10.4. The highest BCUT2D eigenvalue weighted by molar-refractivity contribution is 6.09. The molecule has 0 aliphatic carbocycles. The number of benzene rings is 1. The van der Waals surface area contributed by atoms with Crippen LogP contribution in [0.25, 0.3) is 21.8 Å². The molecule has 0 radical (unpaired) electrons. The molecule has 3 rings (SSSR count). The van der Waals surface area contributed by atoms with Gasteiger partial charge in [-0.3, -0.25) is 0 Å². The lowest BCUT2D eigenvalue weighted by Gasteiger charge is -1.93. The first-order chi connectivity index (χ1) is 7.25. The van der Waals surface area contributed by atoms with Gasteiger partial charge in [-0.2, -0.15) is 0 Å². The van der Waals surface area contributed by atoms with Crippen LogP contribution in [0.2, 0.25) is 0 Å². The highest BCUT2D eigenvalue weighted by atomic mass is 16.3. The van der Waals surface area contributed by atoms with Crippen molar-refractivity contribution in [1.82, 2.24) is 9.97 Å². The highest BCUT2D eigenvalue weighted by Gasteiger charge is 2.07. The number of aromatic hydroxyl groups is 1. The van der Waals surface area contributed by atoms with Crippen LogP contribution in [0, 0.1) is 0 Å². The van der Waals surface area contributed by atoms with E-state index < -0.39 is 0 Å². The number of hydrogen-bond acceptors (Lipinski definition) is 3. The zero-order valence-corrected chi connectivity index (χ0v) is 7.86. The van der Waals surface area contributed by atoms with Crippen molar-refractivity contribution in [1.29, 1.82) is 0 Å². The third kappa shape index (κ3) is 1.05. The largest absolute Gasteiger partial charge is 0.506 e. The molecule has 0 saturated carbocycles. The summed E-state index contributed by atoms with van der Waals surface area (Å²) in [7, 11) is 0. The number of phenolic OH excluding ortho intramolecular Hbond substituents is 1. The number of rotatable bonds is 0. The predicted molar refractivity (Wildman–Crippen MR) is 59.7 cm³/mol. The van der Waals surface area contributed by atoms with Crippen molar-refractivity contribution in [3.05, 3.63) is 30.5 Å². The van der Waals surface area contributed by atoms with E-state index in [0.717, 1.165) is 21.8 Å². The summed E-state index contributed by atoms with van der Waals surface area (Å²) in [5.41, 5.74) is 7.22. The van der Waals surface area contributed by atoms with Gasteiger partial charge in [-0.15, -0.1) is 0 Å². The van der Waals surface area contributed by atoms with E-state index in [0.29, 0.717) is 5.82 Å². The van der Waals surface area contributed by atoms with Gasteiger partial charge in [0.15, 0.2) is 0 Å². The van der Waals surface area contributed by atoms with Crippen LogP contribution in [0.4, 0.5) is 5.82 Å². The maximum absolute atomic E-state index is 9.66. The molecular weight excluding hydrogens is 190 g/mol. The van der Waals surface area contributed by atoms with E-state index >= 15 is 0 Å². The van der Waals surface area contributed by atoms with E-state index in [1.165, 1.54) is 0 Å². The number of H-pyrrole nitrogens is 1. The highest BCUT2D eigenvalue weighted by Crippen LogP contribution is 2.30. The van der Waals surface area contributed by atoms with Crippen molar-refractivity contribution >= 4 is 27.6 Å². The molecular formula is C11H9N3O. The Bertz CT molecular complexity index is 657. The van der Waals surface area contributed by atoms with Crippen LogP contribution in [-0.2, 0) is 0 Å². The Kier molecular flexibility index (Phi) is 1.42. The fourth-order valence-corrected chi connectivity index (χ4v) is 1.82. The van der Waals surface area contributed by atoms with Gasteiger partial charge in [0, 0.05) is 10.8 Å². The molecule has 0 saturated heterocycles. The quantitative estimate of drug-likeness (QED) is 0.518. The topological polar surface area (TPSA) is 74.9 Å². The number of nitrogens with one attached hydrogen (secondary N) is 1. The maximum Gasteiger partial charge on any atom is 0.139 e. The summed E-state index contributed by atoms with van der Waals surface area (Å²) in [6.45, 7) is 0.